The van der Waals surface area contributed by atoms with Gasteiger partial charge >= 0.3 is 19.4 Å². The van der Waals surface area contributed by atoms with Crippen LogP contribution in [-0.2, 0) is 41.4 Å². The van der Waals surface area contributed by atoms with Crippen molar-refractivity contribution in [2.24, 2.45) is 5.92 Å². The second-order valence-electron chi connectivity index (χ2n) is 10.2. The summed E-state index contributed by atoms with van der Waals surface area (Å²) in [6.45, 7) is 4.80. The molecule has 2 heterocycles. The largest absolute Gasteiger partial charge is 0.462 e. The summed E-state index contributed by atoms with van der Waals surface area (Å²) in [7, 11) is -4.03. The van der Waals surface area contributed by atoms with Gasteiger partial charge in [0.25, 0.3) is 5.56 Å². The maximum atomic E-state index is 13.6. The van der Waals surface area contributed by atoms with Crippen LogP contribution in [0.25, 0.3) is 0 Å². The minimum Gasteiger partial charge on any atom is -0.462 e. The summed E-state index contributed by atoms with van der Waals surface area (Å²) < 4.78 is 44.1. The topological polar surface area (TPSA) is 136 Å². The van der Waals surface area contributed by atoms with Crippen molar-refractivity contribution in [1.82, 2.24) is 14.2 Å². The first-order valence-electron chi connectivity index (χ1n) is 13.7. The lowest BCUT2D eigenvalue weighted by atomic mass is 10.1. The maximum Gasteiger partial charge on any atom is 0.459 e. The molecule has 13 heteroatoms. The number of carbonyl (C=O) groups excluding carboxylic acids is 1. The van der Waals surface area contributed by atoms with Gasteiger partial charge in [-0.3, -0.25) is 18.7 Å². The number of nitrogens with one attached hydrogen (secondary N) is 1. The van der Waals surface area contributed by atoms with Gasteiger partial charge in [-0.1, -0.05) is 55.5 Å². The van der Waals surface area contributed by atoms with Crippen molar-refractivity contribution in [3.63, 3.8) is 0 Å². The van der Waals surface area contributed by atoms with E-state index in [1.54, 1.807) is 44.2 Å². The third-order valence-electron chi connectivity index (χ3n) is 6.34. The van der Waals surface area contributed by atoms with Gasteiger partial charge < -0.3 is 18.7 Å². The maximum absolute atomic E-state index is 13.6. The minimum absolute atomic E-state index is 0.143. The second kappa shape index (κ2) is 14.6. The third-order valence-corrected chi connectivity index (χ3v) is 7.82. The molecule has 4 atom stereocenters. The quantitative estimate of drug-likeness (QED) is 0.214. The average molecular weight is 602 g/mol. The predicted molar refractivity (Wildman–Crippen MR) is 154 cm³/mol. The summed E-state index contributed by atoms with van der Waals surface area (Å²) in [6.07, 6.45) is 0.280. The van der Waals surface area contributed by atoms with Crippen molar-refractivity contribution >= 4 is 13.7 Å². The van der Waals surface area contributed by atoms with Crippen LogP contribution in [0.15, 0.2) is 82.5 Å². The Balaban J connectivity index is 1.41. The standard InChI is InChI=1S/C29H36N3O9P/c1-21(2)39-27(34)17-30-42(36,41-24-12-8-5-9-13-24)38-19-25-16-22(3)28(40-25)31-15-14-26(33)32(29(31)35)20-37-18-23-10-6-4-7-11-23/h4-15,21-22,25,28H,16-20H2,1-3H3,(H,30,36). The van der Waals surface area contributed by atoms with Crippen LogP contribution in [0.5, 0.6) is 5.75 Å². The summed E-state index contributed by atoms with van der Waals surface area (Å²) in [5.41, 5.74) is -0.148. The molecule has 4 unspecified atom stereocenters. The first kappa shape index (κ1) is 31.4. The molecular formula is C29H36N3O9P. The van der Waals surface area contributed by atoms with Crippen LogP contribution in [0.1, 0.15) is 39.0 Å². The van der Waals surface area contributed by atoms with Gasteiger partial charge in [-0.25, -0.2) is 19.0 Å². The molecule has 42 heavy (non-hydrogen) atoms. The number of hydrogen-bond donors (Lipinski definition) is 1. The number of carbonyl (C=O) groups is 1. The number of hydrogen-bond acceptors (Lipinski definition) is 9. The van der Waals surface area contributed by atoms with E-state index in [9.17, 15) is 18.9 Å². The molecule has 12 nitrogen and oxygen atoms in total. The molecule has 4 rings (SSSR count). The zero-order valence-electron chi connectivity index (χ0n) is 23.8. The Kier molecular flexibility index (Phi) is 10.9. The third kappa shape index (κ3) is 8.73. The fourth-order valence-corrected chi connectivity index (χ4v) is 5.70. The Labute approximate surface area is 243 Å². The Morgan fingerprint density at radius 1 is 1.07 bits per heavy atom. The predicted octanol–water partition coefficient (Wildman–Crippen LogP) is 3.85. The summed E-state index contributed by atoms with van der Waals surface area (Å²) in [4.78, 5) is 37.8. The van der Waals surface area contributed by atoms with E-state index in [0.29, 0.717) is 6.42 Å². The molecule has 1 saturated heterocycles. The summed E-state index contributed by atoms with van der Waals surface area (Å²) >= 11 is 0. The van der Waals surface area contributed by atoms with Gasteiger partial charge in [0.2, 0.25) is 0 Å². The lowest BCUT2D eigenvalue weighted by molar-refractivity contribution is -0.145. The van der Waals surface area contributed by atoms with Crippen molar-refractivity contribution in [3.05, 3.63) is 99.3 Å². The lowest BCUT2D eigenvalue weighted by Crippen LogP contribution is -2.41. The first-order chi connectivity index (χ1) is 20.1. The van der Waals surface area contributed by atoms with E-state index in [1.165, 1.54) is 16.8 Å². The van der Waals surface area contributed by atoms with Crippen LogP contribution in [0, 0.1) is 5.92 Å². The van der Waals surface area contributed by atoms with Gasteiger partial charge in [-0.2, -0.15) is 0 Å². The number of ether oxygens (including phenoxy) is 3. The fourth-order valence-electron chi connectivity index (χ4n) is 4.41. The molecular weight excluding hydrogens is 565 g/mol. The highest BCUT2D eigenvalue weighted by molar-refractivity contribution is 7.52. The van der Waals surface area contributed by atoms with Crippen molar-refractivity contribution in [2.75, 3.05) is 13.2 Å². The molecule has 0 saturated carbocycles. The van der Waals surface area contributed by atoms with E-state index in [1.807, 2.05) is 37.3 Å². The second-order valence-corrected chi connectivity index (χ2v) is 11.9. The van der Waals surface area contributed by atoms with Gasteiger partial charge in [-0.15, -0.1) is 0 Å². The first-order valence-corrected chi connectivity index (χ1v) is 15.2. The Hall–Kier alpha value is -3.54. The molecule has 0 amide bonds. The van der Waals surface area contributed by atoms with E-state index in [4.69, 9.17) is 23.3 Å². The molecule has 1 N–H and O–H groups in total. The molecule has 0 spiro atoms. The van der Waals surface area contributed by atoms with E-state index in [2.05, 4.69) is 5.09 Å². The number of esters is 1. The molecule has 3 aromatic rings. The van der Waals surface area contributed by atoms with E-state index in [0.717, 1.165) is 10.1 Å². The van der Waals surface area contributed by atoms with Crippen LogP contribution in [0.4, 0.5) is 0 Å². The SMILES string of the molecule is CC(C)OC(=O)CNP(=O)(OCC1CC(C)C(n2ccc(=O)n(COCc3ccccc3)c2=O)O1)Oc1ccccc1. The molecule has 226 valence electrons. The number of benzene rings is 2. The summed E-state index contributed by atoms with van der Waals surface area (Å²) in [5.74, 6) is -0.470. The normalized spacial score (nSPS) is 19.9. The molecule has 0 bridgehead atoms. The van der Waals surface area contributed by atoms with Crippen molar-refractivity contribution in [1.29, 1.82) is 0 Å². The molecule has 1 fully saturated rings. The van der Waals surface area contributed by atoms with Gasteiger partial charge in [-0.05, 0) is 38.0 Å². The monoisotopic (exact) mass is 601 g/mol. The van der Waals surface area contributed by atoms with Crippen LogP contribution < -0.4 is 20.9 Å². The molecule has 1 aliphatic heterocycles. The number of rotatable bonds is 14. The van der Waals surface area contributed by atoms with Crippen LogP contribution >= 0.6 is 7.75 Å². The Morgan fingerprint density at radius 3 is 2.45 bits per heavy atom. The fraction of sp³-hybridized carbons (Fsp3) is 0.414. The van der Waals surface area contributed by atoms with Gasteiger partial charge in [0, 0.05) is 18.2 Å². The Morgan fingerprint density at radius 2 is 1.76 bits per heavy atom. The smallest absolute Gasteiger partial charge is 0.459 e. The van der Waals surface area contributed by atoms with E-state index in [-0.39, 0.29) is 37.7 Å². The van der Waals surface area contributed by atoms with Gasteiger partial charge in [0.1, 0.15) is 25.3 Å². The highest BCUT2D eigenvalue weighted by Gasteiger charge is 2.37. The van der Waals surface area contributed by atoms with E-state index < -0.39 is 43.8 Å². The van der Waals surface area contributed by atoms with Crippen LogP contribution in [0.2, 0.25) is 0 Å². The zero-order chi connectivity index (χ0) is 30.1. The number of para-hydroxylation sites is 1. The van der Waals surface area contributed by atoms with Crippen molar-refractivity contribution in [2.45, 2.75) is 59.0 Å². The highest BCUT2D eigenvalue weighted by Crippen LogP contribution is 2.45. The average Bonchev–Trinajstić information content (AvgIpc) is 3.33. The van der Waals surface area contributed by atoms with Crippen LogP contribution in [0.3, 0.4) is 0 Å². The molecule has 0 aliphatic carbocycles. The number of aromatic nitrogens is 2. The summed E-state index contributed by atoms with van der Waals surface area (Å²) in [5, 5.41) is 2.56. The Bertz CT molecular complexity index is 1480. The van der Waals surface area contributed by atoms with Crippen LogP contribution in [-0.4, -0.2) is 40.5 Å². The van der Waals surface area contributed by atoms with Gasteiger partial charge in [0.05, 0.1) is 25.4 Å². The molecule has 1 aliphatic rings. The highest BCUT2D eigenvalue weighted by atomic mass is 31.2. The van der Waals surface area contributed by atoms with Crippen molar-refractivity contribution in [3.8, 4) is 5.75 Å². The summed E-state index contributed by atoms with van der Waals surface area (Å²) in [6, 6.07) is 19.1. The zero-order valence-corrected chi connectivity index (χ0v) is 24.7. The molecule has 0 radical (unpaired) electrons. The van der Waals surface area contributed by atoms with E-state index >= 15 is 0 Å². The van der Waals surface area contributed by atoms with Crippen molar-refractivity contribution < 1.29 is 32.6 Å². The van der Waals surface area contributed by atoms with Gasteiger partial charge in [0.15, 0.2) is 0 Å². The minimum atomic E-state index is -4.03. The molecule has 1 aromatic heterocycles. The lowest BCUT2D eigenvalue weighted by Gasteiger charge is -2.22. The number of nitrogens with zero attached hydrogens (tertiary/aromatic N) is 2. The molecule has 2 aromatic carbocycles.